The molecule has 0 spiro atoms. The second-order valence-corrected chi connectivity index (χ2v) is 3.78. The molecule has 1 atom stereocenters. The summed E-state index contributed by atoms with van der Waals surface area (Å²) < 4.78 is 47.4. The van der Waals surface area contributed by atoms with Crippen LogP contribution in [0.5, 0.6) is 0 Å². The first-order valence-corrected chi connectivity index (χ1v) is 5.42. The fourth-order valence-corrected chi connectivity index (χ4v) is 1.38. The SMILES string of the molecule is C=CC1=C(/C=C(/C(=O)OC)C(F)(F)F)NC(=O)[C@H](C)O1. The number of amides is 1. The number of esters is 1. The van der Waals surface area contributed by atoms with Gasteiger partial charge in [0.05, 0.1) is 12.8 Å². The molecule has 0 saturated carbocycles. The number of carbonyl (C=O) groups excluding carboxylic acids is 2. The highest BCUT2D eigenvalue weighted by Crippen LogP contribution is 2.28. The van der Waals surface area contributed by atoms with Crippen LogP contribution >= 0.6 is 0 Å². The average Bonchev–Trinajstić information content (AvgIpc) is 2.37. The number of ether oxygens (including phenoxy) is 2. The number of allylic oxidation sites excluding steroid dienone is 2. The van der Waals surface area contributed by atoms with E-state index in [1.807, 2.05) is 0 Å². The van der Waals surface area contributed by atoms with Crippen LogP contribution in [0.15, 0.2) is 35.8 Å². The Bertz CT molecular complexity index is 505. The molecule has 1 heterocycles. The summed E-state index contributed by atoms with van der Waals surface area (Å²) in [6, 6.07) is 0. The largest absolute Gasteiger partial charge is 0.479 e. The third-order valence-electron chi connectivity index (χ3n) is 2.38. The van der Waals surface area contributed by atoms with Crippen molar-refractivity contribution < 1.29 is 32.2 Å². The molecular formula is C12H12F3NO4. The van der Waals surface area contributed by atoms with E-state index in [1.165, 1.54) is 6.92 Å². The van der Waals surface area contributed by atoms with Gasteiger partial charge in [-0.15, -0.1) is 0 Å². The minimum absolute atomic E-state index is 0.0669. The number of hydrogen-bond donors (Lipinski definition) is 1. The van der Waals surface area contributed by atoms with E-state index in [2.05, 4.69) is 16.6 Å². The van der Waals surface area contributed by atoms with Crippen molar-refractivity contribution in [1.82, 2.24) is 5.32 Å². The van der Waals surface area contributed by atoms with Crippen LogP contribution in [0.25, 0.3) is 0 Å². The van der Waals surface area contributed by atoms with Crippen molar-refractivity contribution >= 4 is 11.9 Å². The number of carbonyl (C=O) groups is 2. The van der Waals surface area contributed by atoms with Crippen LogP contribution in [0.1, 0.15) is 6.92 Å². The molecule has 1 rings (SSSR count). The minimum atomic E-state index is -4.93. The van der Waals surface area contributed by atoms with Crippen LogP contribution in [0.3, 0.4) is 0 Å². The molecule has 8 heteroatoms. The third kappa shape index (κ3) is 3.40. The van der Waals surface area contributed by atoms with E-state index in [9.17, 15) is 22.8 Å². The summed E-state index contributed by atoms with van der Waals surface area (Å²) in [5.74, 6) is -2.27. The van der Waals surface area contributed by atoms with Gasteiger partial charge in [-0.2, -0.15) is 13.2 Å². The Balaban J connectivity index is 3.31. The van der Waals surface area contributed by atoms with Gasteiger partial charge in [0.15, 0.2) is 6.10 Å². The highest BCUT2D eigenvalue weighted by molar-refractivity contribution is 5.91. The van der Waals surface area contributed by atoms with Gasteiger partial charge in [0.1, 0.15) is 11.3 Å². The zero-order chi connectivity index (χ0) is 15.5. The summed E-state index contributed by atoms with van der Waals surface area (Å²) in [7, 11) is 0.822. The highest BCUT2D eigenvalue weighted by Gasteiger charge is 2.40. The number of hydrogen-bond acceptors (Lipinski definition) is 4. The molecule has 0 unspecified atom stereocenters. The van der Waals surface area contributed by atoms with Gasteiger partial charge >= 0.3 is 12.1 Å². The molecule has 0 fully saturated rings. The fourth-order valence-electron chi connectivity index (χ4n) is 1.38. The van der Waals surface area contributed by atoms with Crippen LogP contribution in [-0.4, -0.2) is 31.3 Å². The first-order chi connectivity index (χ1) is 9.20. The number of methoxy groups -OCH3 is 1. The Morgan fingerprint density at radius 1 is 1.50 bits per heavy atom. The Kier molecular flexibility index (Phi) is 4.59. The Morgan fingerprint density at radius 3 is 2.55 bits per heavy atom. The molecule has 1 aliphatic rings. The summed E-state index contributed by atoms with van der Waals surface area (Å²) in [6.45, 7) is 4.79. The minimum Gasteiger partial charge on any atom is -0.479 e. The normalized spacial score (nSPS) is 20.1. The van der Waals surface area contributed by atoms with E-state index >= 15 is 0 Å². The van der Waals surface area contributed by atoms with E-state index in [0.29, 0.717) is 6.08 Å². The molecule has 0 aromatic heterocycles. The second kappa shape index (κ2) is 5.81. The summed E-state index contributed by atoms with van der Waals surface area (Å²) >= 11 is 0. The average molecular weight is 291 g/mol. The maximum absolute atomic E-state index is 12.7. The van der Waals surface area contributed by atoms with Crippen LogP contribution in [0.4, 0.5) is 13.2 Å². The summed E-state index contributed by atoms with van der Waals surface area (Å²) in [5, 5.41) is 2.21. The Labute approximate surface area is 112 Å². The molecule has 0 aromatic rings. The fraction of sp³-hybridized carbons (Fsp3) is 0.333. The molecular weight excluding hydrogens is 279 g/mol. The van der Waals surface area contributed by atoms with Crippen molar-refractivity contribution in [2.24, 2.45) is 0 Å². The zero-order valence-electron chi connectivity index (χ0n) is 10.7. The van der Waals surface area contributed by atoms with Crippen LogP contribution < -0.4 is 5.32 Å². The lowest BCUT2D eigenvalue weighted by molar-refractivity contribution is -0.148. The second-order valence-electron chi connectivity index (χ2n) is 3.78. The highest BCUT2D eigenvalue weighted by atomic mass is 19.4. The molecule has 0 radical (unpaired) electrons. The lowest BCUT2D eigenvalue weighted by atomic mass is 10.1. The summed E-state index contributed by atoms with van der Waals surface area (Å²) in [4.78, 5) is 22.6. The van der Waals surface area contributed by atoms with Crippen molar-refractivity contribution in [2.75, 3.05) is 7.11 Å². The monoisotopic (exact) mass is 291 g/mol. The maximum Gasteiger partial charge on any atom is 0.423 e. The van der Waals surface area contributed by atoms with Crippen molar-refractivity contribution in [3.05, 3.63) is 35.8 Å². The topological polar surface area (TPSA) is 64.6 Å². The van der Waals surface area contributed by atoms with Gasteiger partial charge in [-0.1, -0.05) is 6.58 Å². The molecule has 1 amide bonds. The van der Waals surface area contributed by atoms with E-state index in [0.717, 1.165) is 13.2 Å². The predicted molar refractivity (Wildman–Crippen MR) is 62.1 cm³/mol. The smallest absolute Gasteiger partial charge is 0.423 e. The lowest BCUT2D eigenvalue weighted by Crippen LogP contribution is -2.39. The molecule has 20 heavy (non-hydrogen) atoms. The van der Waals surface area contributed by atoms with Crippen molar-refractivity contribution in [3.8, 4) is 0 Å². The number of halogens is 3. The predicted octanol–water partition coefficient (Wildman–Crippen LogP) is 1.58. The van der Waals surface area contributed by atoms with E-state index in [1.54, 1.807) is 0 Å². The van der Waals surface area contributed by atoms with Gasteiger partial charge in [0, 0.05) is 0 Å². The van der Waals surface area contributed by atoms with Gasteiger partial charge in [0.25, 0.3) is 5.91 Å². The van der Waals surface area contributed by atoms with E-state index in [-0.39, 0.29) is 11.5 Å². The molecule has 1 aliphatic heterocycles. The first kappa shape index (κ1) is 15.8. The molecule has 5 nitrogen and oxygen atoms in total. The van der Waals surface area contributed by atoms with Gasteiger partial charge in [0.2, 0.25) is 0 Å². The first-order valence-electron chi connectivity index (χ1n) is 5.42. The molecule has 0 bridgehead atoms. The van der Waals surface area contributed by atoms with Gasteiger partial charge in [-0.3, -0.25) is 4.79 Å². The van der Waals surface area contributed by atoms with E-state index in [4.69, 9.17) is 4.74 Å². The third-order valence-corrected chi connectivity index (χ3v) is 2.38. The Hall–Kier alpha value is -2.25. The van der Waals surface area contributed by atoms with Crippen molar-refractivity contribution in [2.45, 2.75) is 19.2 Å². The number of rotatable bonds is 3. The van der Waals surface area contributed by atoms with Gasteiger partial charge in [-0.25, -0.2) is 4.79 Å². The van der Waals surface area contributed by atoms with Gasteiger partial charge in [-0.05, 0) is 19.1 Å². The van der Waals surface area contributed by atoms with Crippen molar-refractivity contribution in [3.63, 3.8) is 0 Å². The van der Waals surface area contributed by atoms with Crippen LogP contribution in [0, 0.1) is 0 Å². The van der Waals surface area contributed by atoms with Crippen molar-refractivity contribution in [1.29, 1.82) is 0 Å². The molecule has 0 saturated heterocycles. The van der Waals surface area contributed by atoms with Crippen LogP contribution in [0.2, 0.25) is 0 Å². The molecule has 1 N–H and O–H groups in total. The zero-order valence-corrected chi connectivity index (χ0v) is 10.7. The Morgan fingerprint density at radius 2 is 2.10 bits per heavy atom. The quantitative estimate of drug-likeness (QED) is 0.633. The number of alkyl halides is 3. The molecule has 0 aromatic carbocycles. The lowest BCUT2D eigenvalue weighted by Gasteiger charge is -2.24. The summed E-state index contributed by atoms with van der Waals surface area (Å²) in [6.07, 6.45) is -4.22. The molecule has 110 valence electrons. The summed E-state index contributed by atoms with van der Waals surface area (Å²) in [5.41, 5.74) is -1.87. The number of nitrogens with one attached hydrogen (secondary N) is 1. The van der Waals surface area contributed by atoms with Crippen LogP contribution in [-0.2, 0) is 19.1 Å². The standard InChI is InChI=1S/C12H12F3NO4/c1-4-9-8(16-10(17)6(2)20-9)5-7(11(18)19-3)12(13,14)15/h4-6H,1H2,2-3H3,(H,16,17)/b7-5-/t6-/m0/s1. The van der Waals surface area contributed by atoms with Gasteiger partial charge < -0.3 is 14.8 Å². The molecule has 0 aliphatic carbocycles. The maximum atomic E-state index is 12.7. The van der Waals surface area contributed by atoms with E-state index < -0.39 is 29.7 Å².